The number of hydrogen-bond acceptors (Lipinski definition) is 5. The van der Waals surface area contributed by atoms with Gasteiger partial charge in [0.2, 0.25) is 5.91 Å². The number of nitrogens with one attached hydrogen (secondary N) is 1. The first kappa shape index (κ1) is 15.5. The van der Waals surface area contributed by atoms with E-state index in [0.717, 1.165) is 19.3 Å². The van der Waals surface area contributed by atoms with Gasteiger partial charge in [-0.05, 0) is 33.1 Å². The third kappa shape index (κ3) is 3.41. The predicted octanol–water partition coefficient (Wildman–Crippen LogP) is 2.03. The van der Waals surface area contributed by atoms with E-state index in [1.807, 2.05) is 0 Å². The van der Waals surface area contributed by atoms with E-state index in [9.17, 15) is 9.59 Å². The molecule has 1 saturated heterocycles. The van der Waals surface area contributed by atoms with Gasteiger partial charge in [0.1, 0.15) is 0 Å². The first-order valence-corrected chi connectivity index (χ1v) is 7.20. The second kappa shape index (κ2) is 6.71. The molecular formula is C14H21N3O4. The topological polar surface area (TPSA) is 82.4 Å². The van der Waals surface area contributed by atoms with Crippen molar-refractivity contribution in [2.75, 3.05) is 18.5 Å². The molecule has 1 fully saturated rings. The zero-order valence-corrected chi connectivity index (χ0v) is 12.6. The molecule has 1 aliphatic heterocycles. The molecule has 2 heterocycles. The van der Waals surface area contributed by atoms with Crippen LogP contribution in [-0.4, -0.2) is 34.9 Å². The van der Waals surface area contributed by atoms with Crippen LogP contribution < -0.4 is 5.32 Å². The number of ether oxygens (including phenoxy) is 2. The lowest BCUT2D eigenvalue weighted by atomic mass is 10.2. The highest BCUT2D eigenvalue weighted by atomic mass is 16.5. The lowest BCUT2D eigenvalue weighted by molar-refractivity contribution is -0.114. The van der Waals surface area contributed by atoms with Gasteiger partial charge in [-0.1, -0.05) is 0 Å². The maximum Gasteiger partial charge on any atom is 0.361 e. The Morgan fingerprint density at radius 3 is 2.81 bits per heavy atom. The summed E-state index contributed by atoms with van der Waals surface area (Å²) in [5.74, 6) is -0.799. The molecule has 21 heavy (non-hydrogen) atoms. The summed E-state index contributed by atoms with van der Waals surface area (Å²) in [4.78, 5) is 23.4. The molecular weight excluding hydrogens is 274 g/mol. The van der Waals surface area contributed by atoms with Crippen LogP contribution in [0.3, 0.4) is 0 Å². The Hall–Kier alpha value is -1.89. The number of hydrogen-bond donors (Lipinski definition) is 1. The van der Waals surface area contributed by atoms with Crippen LogP contribution in [0.4, 0.5) is 5.69 Å². The van der Waals surface area contributed by atoms with Gasteiger partial charge in [-0.25, -0.2) is 9.48 Å². The van der Waals surface area contributed by atoms with Crippen LogP contribution in [-0.2, 0) is 14.3 Å². The van der Waals surface area contributed by atoms with Crippen LogP contribution in [0.5, 0.6) is 0 Å². The van der Waals surface area contributed by atoms with Crippen molar-refractivity contribution in [3.05, 3.63) is 11.4 Å². The van der Waals surface area contributed by atoms with Crippen LogP contribution in [0.15, 0.2) is 0 Å². The summed E-state index contributed by atoms with van der Waals surface area (Å²) in [6, 6.07) is 0. The number of nitrogens with zero attached hydrogens (tertiary/aromatic N) is 2. The molecule has 1 unspecified atom stereocenters. The molecule has 1 aromatic rings. The van der Waals surface area contributed by atoms with Gasteiger partial charge in [-0.15, -0.1) is 0 Å². The molecule has 116 valence electrons. The number of anilines is 1. The highest BCUT2D eigenvalue weighted by molar-refractivity contribution is 6.00. The maximum atomic E-state index is 12.0. The third-order valence-corrected chi connectivity index (χ3v) is 3.35. The standard InChI is InChI=1S/C14H21N3O4/c1-4-20-14(19)13-12(15-10(3)18)9(2)17(16-13)11-7-5-6-8-21-11/h11H,4-8H2,1-3H3,(H,15,18). The van der Waals surface area contributed by atoms with Gasteiger partial charge >= 0.3 is 5.97 Å². The minimum absolute atomic E-state index is 0.124. The summed E-state index contributed by atoms with van der Waals surface area (Å²) >= 11 is 0. The first-order valence-electron chi connectivity index (χ1n) is 7.20. The van der Waals surface area contributed by atoms with Crippen molar-refractivity contribution >= 4 is 17.6 Å². The van der Waals surface area contributed by atoms with Crippen molar-refractivity contribution in [2.45, 2.75) is 46.3 Å². The Bertz CT molecular complexity index is 533. The van der Waals surface area contributed by atoms with E-state index in [1.54, 1.807) is 18.5 Å². The molecule has 7 nitrogen and oxygen atoms in total. The van der Waals surface area contributed by atoms with Crippen molar-refractivity contribution in [1.29, 1.82) is 0 Å². The Balaban J connectivity index is 2.37. The van der Waals surface area contributed by atoms with Gasteiger partial charge in [0.15, 0.2) is 11.9 Å². The quantitative estimate of drug-likeness (QED) is 0.859. The van der Waals surface area contributed by atoms with Crippen LogP contribution in [0.2, 0.25) is 0 Å². The summed E-state index contributed by atoms with van der Waals surface area (Å²) in [6.07, 6.45) is 2.72. The minimum Gasteiger partial charge on any atom is -0.461 e. The maximum absolute atomic E-state index is 12.0. The molecule has 1 amide bonds. The third-order valence-electron chi connectivity index (χ3n) is 3.35. The first-order chi connectivity index (χ1) is 10.0. The lowest BCUT2D eigenvalue weighted by Crippen LogP contribution is -2.20. The van der Waals surface area contributed by atoms with Gasteiger partial charge in [0, 0.05) is 13.5 Å². The van der Waals surface area contributed by atoms with E-state index in [1.165, 1.54) is 6.92 Å². The summed E-state index contributed by atoms with van der Waals surface area (Å²) in [6.45, 7) is 5.85. The Morgan fingerprint density at radius 2 is 2.24 bits per heavy atom. The summed E-state index contributed by atoms with van der Waals surface area (Å²) in [5.41, 5.74) is 1.22. The fourth-order valence-electron chi connectivity index (χ4n) is 2.38. The van der Waals surface area contributed by atoms with Gasteiger partial charge in [-0.3, -0.25) is 4.79 Å². The van der Waals surface area contributed by atoms with Crippen molar-refractivity contribution in [3.63, 3.8) is 0 Å². The molecule has 1 aliphatic rings. The van der Waals surface area contributed by atoms with E-state index in [4.69, 9.17) is 9.47 Å². The molecule has 0 bridgehead atoms. The zero-order chi connectivity index (χ0) is 15.4. The minimum atomic E-state index is -0.543. The Kier molecular flexibility index (Phi) is 4.95. The van der Waals surface area contributed by atoms with E-state index in [0.29, 0.717) is 18.0 Å². The normalized spacial score (nSPS) is 18.3. The van der Waals surface area contributed by atoms with Crippen LogP contribution in [0, 0.1) is 6.92 Å². The fourth-order valence-corrected chi connectivity index (χ4v) is 2.38. The molecule has 1 atom stereocenters. The van der Waals surface area contributed by atoms with Crippen LogP contribution in [0.1, 0.15) is 55.5 Å². The molecule has 0 spiro atoms. The highest BCUT2D eigenvalue weighted by Crippen LogP contribution is 2.29. The zero-order valence-electron chi connectivity index (χ0n) is 12.6. The largest absolute Gasteiger partial charge is 0.461 e. The SMILES string of the molecule is CCOC(=O)c1nn(C2CCCCO2)c(C)c1NC(C)=O. The monoisotopic (exact) mass is 295 g/mol. The van der Waals surface area contributed by atoms with Crippen LogP contribution >= 0.6 is 0 Å². The van der Waals surface area contributed by atoms with Gasteiger partial charge in [0.25, 0.3) is 0 Å². The van der Waals surface area contributed by atoms with Crippen molar-refractivity contribution < 1.29 is 19.1 Å². The van der Waals surface area contributed by atoms with Crippen molar-refractivity contribution in [2.24, 2.45) is 0 Å². The fraction of sp³-hybridized carbons (Fsp3) is 0.643. The second-order valence-corrected chi connectivity index (χ2v) is 4.98. The number of rotatable bonds is 4. The number of esters is 1. The average Bonchev–Trinajstić information content (AvgIpc) is 2.77. The van der Waals surface area contributed by atoms with Gasteiger partial charge in [-0.2, -0.15) is 5.10 Å². The number of carbonyl (C=O) groups excluding carboxylic acids is 2. The van der Waals surface area contributed by atoms with E-state index in [-0.39, 0.29) is 24.4 Å². The van der Waals surface area contributed by atoms with Crippen molar-refractivity contribution in [3.8, 4) is 0 Å². The molecule has 2 rings (SSSR count). The summed E-state index contributed by atoms with van der Waals surface area (Å²) < 4.78 is 12.4. The number of carbonyl (C=O) groups is 2. The summed E-state index contributed by atoms with van der Waals surface area (Å²) in [7, 11) is 0. The molecule has 7 heteroatoms. The Morgan fingerprint density at radius 1 is 1.48 bits per heavy atom. The molecule has 0 radical (unpaired) electrons. The smallest absolute Gasteiger partial charge is 0.361 e. The molecule has 1 aromatic heterocycles. The molecule has 0 aliphatic carbocycles. The van der Waals surface area contributed by atoms with Gasteiger partial charge < -0.3 is 14.8 Å². The highest BCUT2D eigenvalue weighted by Gasteiger charge is 2.27. The Labute approximate surface area is 123 Å². The second-order valence-electron chi connectivity index (χ2n) is 4.98. The lowest BCUT2D eigenvalue weighted by Gasteiger charge is -2.23. The molecule has 0 saturated carbocycles. The van der Waals surface area contributed by atoms with E-state index >= 15 is 0 Å². The van der Waals surface area contributed by atoms with Crippen molar-refractivity contribution in [1.82, 2.24) is 9.78 Å². The number of aromatic nitrogens is 2. The van der Waals surface area contributed by atoms with E-state index in [2.05, 4.69) is 10.4 Å². The van der Waals surface area contributed by atoms with E-state index < -0.39 is 5.97 Å². The summed E-state index contributed by atoms with van der Waals surface area (Å²) in [5, 5.41) is 6.97. The molecule has 0 aromatic carbocycles. The average molecular weight is 295 g/mol. The van der Waals surface area contributed by atoms with Crippen LogP contribution in [0.25, 0.3) is 0 Å². The predicted molar refractivity (Wildman–Crippen MR) is 76.1 cm³/mol. The van der Waals surface area contributed by atoms with Gasteiger partial charge in [0.05, 0.1) is 18.0 Å². The molecule has 1 N–H and O–H groups in total. The number of amides is 1.